The molecule has 2 fully saturated rings. The van der Waals surface area contributed by atoms with Gasteiger partial charge in [0.1, 0.15) is 5.78 Å². The first-order valence-corrected chi connectivity index (χ1v) is 7.67. The minimum Gasteiger partial charge on any atom is -0.299 e. The van der Waals surface area contributed by atoms with E-state index in [0.717, 1.165) is 32.7 Å². The zero-order valence-corrected chi connectivity index (χ0v) is 12.5. The molecule has 1 aromatic rings. The highest BCUT2D eigenvalue weighted by molar-refractivity contribution is 5.85. The molecule has 108 valence electrons. The van der Waals surface area contributed by atoms with Crippen LogP contribution in [0, 0.1) is 11.8 Å². The Morgan fingerprint density at radius 1 is 1.05 bits per heavy atom. The molecule has 0 saturated carbocycles. The van der Waals surface area contributed by atoms with E-state index in [2.05, 4.69) is 54.0 Å². The van der Waals surface area contributed by atoms with Crippen molar-refractivity contribution in [3.8, 4) is 0 Å². The summed E-state index contributed by atoms with van der Waals surface area (Å²) in [4.78, 5) is 17.3. The number of hydrogen-bond acceptors (Lipinski definition) is 3. The number of ketones is 1. The summed E-state index contributed by atoms with van der Waals surface area (Å²) in [6.07, 6.45) is 0. The highest BCUT2D eigenvalue weighted by Gasteiger charge is 2.41. The third-order valence-electron chi connectivity index (χ3n) is 4.65. The number of likely N-dealkylation sites (tertiary alicyclic amines) is 2. The smallest absolute Gasteiger partial charge is 0.144 e. The van der Waals surface area contributed by atoms with E-state index in [0.29, 0.717) is 11.8 Å². The number of carbonyl (C=O) groups is 1. The summed E-state index contributed by atoms with van der Waals surface area (Å²) in [6.45, 7) is 9.17. The second-order valence-corrected chi connectivity index (χ2v) is 6.52. The Hall–Kier alpha value is -1.19. The molecular formula is C17H24N2O. The van der Waals surface area contributed by atoms with Gasteiger partial charge in [-0.05, 0) is 19.4 Å². The van der Waals surface area contributed by atoms with Gasteiger partial charge in [0.15, 0.2) is 0 Å². The van der Waals surface area contributed by atoms with Crippen LogP contribution in [0.5, 0.6) is 0 Å². The number of Topliss-reactive ketones (excluding diaryl/α,β-unsaturated/α-hetero) is 1. The number of hydrogen-bond donors (Lipinski definition) is 0. The SMILES string of the molecule is CC(C)N1C[C@@H]2CN(Cc3ccccc3)C[C@@H](C1)C2=O. The third-order valence-corrected chi connectivity index (χ3v) is 4.65. The molecule has 3 rings (SSSR count). The summed E-state index contributed by atoms with van der Waals surface area (Å²) in [5.74, 6) is 0.938. The van der Waals surface area contributed by atoms with Crippen LogP contribution >= 0.6 is 0 Å². The summed E-state index contributed by atoms with van der Waals surface area (Å²) in [6, 6.07) is 11.1. The molecule has 2 saturated heterocycles. The lowest BCUT2D eigenvalue weighted by Crippen LogP contribution is -2.59. The van der Waals surface area contributed by atoms with E-state index in [9.17, 15) is 4.79 Å². The van der Waals surface area contributed by atoms with Crippen LogP contribution in [0.2, 0.25) is 0 Å². The Labute approximate surface area is 121 Å². The van der Waals surface area contributed by atoms with Gasteiger partial charge < -0.3 is 0 Å². The predicted molar refractivity (Wildman–Crippen MR) is 80.4 cm³/mol. The Bertz CT molecular complexity index is 453. The van der Waals surface area contributed by atoms with Crippen molar-refractivity contribution >= 4 is 5.78 Å². The fraction of sp³-hybridized carbons (Fsp3) is 0.588. The molecule has 2 bridgehead atoms. The maximum absolute atomic E-state index is 12.3. The van der Waals surface area contributed by atoms with Crippen LogP contribution in [0.4, 0.5) is 0 Å². The molecule has 3 nitrogen and oxygen atoms in total. The highest BCUT2D eigenvalue weighted by atomic mass is 16.1. The number of rotatable bonds is 3. The Balaban J connectivity index is 1.67. The summed E-state index contributed by atoms with van der Waals surface area (Å²) in [5, 5.41) is 0. The van der Waals surface area contributed by atoms with Crippen molar-refractivity contribution in [3.05, 3.63) is 35.9 Å². The van der Waals surface area contributed by atoms with Crippen LogP contribution in [-0.2, 0) is 11.3 Å². The molecule has 3 heteroatoms. The summed E-state index contributed by atoms with van der Waals surface area (Å²) < 4.78 is 0. The fourth-order valence-electron chi connectivity index (χ4n) is 3.54. The van der Waals surface area contributed by atoms with Crippen molar-refractivity contribution in [1.29, 1.82) is 0 Å². The lowest BCUT2D eigenvalue weighted by Gasteiger charge is -2.46. The molecule has 0 radical (unpaired) electrons. The monoisotopic (exact) mass is 272 g/mol. The second-order valence-electron chi connectivity index (χ2n) is 6.52. The van der Waals surface area contributed by atoms with E-state index in [4.69, 9.17) is 0 Å². The molecule has 2 aliphatic rings. The lowest BCUT2D eigenvalue weighted by molar-refractivity contribution is -0.138. The van der Waals surface area contributed by atoms with Gasteiger partial charge in [-0.2, -0.15) is 0 Å². The molecule has 0 amide bonds. The quantitative estimate of drug-likeness (QED) is 0.841. The maximum Gasteiger partial charge on any atom is 0.144 e. The normalized spacial score (nSPS) is 28.1. The van der Waals surface area contributed by atoms with E-state index < -0.39 is 0 Å². The molecule has 0 N–H and O–H groups in total. The van der Waals surface area contributed by atoms with Gasteiger partial charge in [0.2, 0.25) is 0 Å². The van der Waals surface area contributed by atoms with Crippen LogP contribution in [0.1, 0.15) is 19.4 Å². The molecule has 2 atom stereocenters. The minimum absolute atomic E-state index is 0.216. The highest BCUT2D eigenvalue weighted by Crippen LogP contribution is 2.27. The topological polar surface area (TPSA) is 23.6 Å². The Morgan fingerprint density at radius 3 is 2.20 bits per heavy atom. The maximum atomic E-state index is 12.3. The molecule has 0 aromatic heterocycles. The summed E-state index contributed by atoms with van der Waals surface area (Å²) >= 11 is 0. The summed E-state index contributed by atoms with van der Waals surface area (Å²) in [7, 11) is 0. The van der Waals surface area contributed by atoms with Crippen molar-refractivity contribution < 1.29 is 4.79 Å². The fourth-order valence-corrected chi connectivity index (χ4v) is 3.54. The van der Waals surface area contributed by atoms with Gasteiger partial charge in [-0.1, -0.05) is 30.3 Å². The van der Waals surface area contributed by atoms with Gasteiger partial charge >= 0.3 is 0 Å². The molecule has 0 spiro atoms. The van der Waals surface area contributed by atoms with E-state index >= 15 is 0 Å². The molecular weight excluding hydrogens is 248 g/mol. The van der Waals surface area contributed by atoms with Gasteiger partial charge in [-0.25, -0.2) is 0 Å². The van der Waals surface area contributed by atoms with E-state index in [-0.39, 0.29) is 11.8 Å². The van der Waals surface area contributed by atoms with Gasteiger partial charge in [-0.15, -0.1) is 0 Å². The average molecular weight is 272 g/mol. The van der Waals surface area contributed by atoms with Crippen molar-refractivity contribution in [2.24, 2.45) is 11.8 Å². The van der Waals surface area contributed by atoms with Gasteiger partial charge in [0.25, 0.3) is 0 Å². The predicted octanol–water partition coefficient (Wildman–Crippen LogP) is 2.03. The van der Waals surface area contributed by atoms with Crippen LogP contribution in [-0.4, -0.2) is 47.8 Å². The molecule has 20 heavy (non-hydrogen) atoms. The van der Waals surface area contributed by atoms with Crippen LogP contribution in [0.15, 0.2) is 30.3 Å². The van der Waals surface area contributed by atoms with Crippen LogP contribution < -0.4 is 0 Å². The molecule has 2 aliphatic heterocycles. The van der Waals surface area contributed by atoms with E-state index in [1.165, 1.54) is 5.56 Å². The minimum atomic E-state index is 0.216. The zero-order valence-electron chi connectivity index (χ0n) is 12.5. The third kappa shape index (κ3) is 2.79. The number of fused-ring (bicyclic) bond motifs is 2. The van der Waals surface area contributed by atoms with Crippen LogP contribution in [0.3, 0.4) is 0 Å². The number of benzene rings is 1. The molecule has 1 aromatic carbocycles. The van der Waals surface area contributed by atoms with Crippen molar-refractivity contribution in [3.63, 3.8) is 0 Å². The first-order valence-electron chi connectivity index (χ1n) is 7.67. The molecule has 2 heterocycles. The standard InChI is InChI=1S/C17H24N2O/c1-13(2)19-11-15-9-18(10-16(12-19)17(15)20)8-14-6-4-3-5-7-14/h3-7,13,15-16H,8-12H2,1-2H3/t15-,16-/m0/s1. The number of piperidine rings is 2. The Morgan fingerprint density at radius 2 is 1.65 bits per heavy atom. The first kappa shape index (κ1) is 13.8. The molecule has 0 unspecified atom stereocenters. The summed E-state index contributed by atoms with van der Waals surface area (Å²) in [5.41, 5.74) is 1.35. The lowest BCUT2D eigenvalue weighted by atomic mass is 9.82. The second kappa shape index (κ2) is 5.66. The van der Waals surface area contributed by atoms with E-state index in [1.54, 1.807) is 0 Å². The molecule has 0 aliphatic carbocycles. The van der Waals surface area contributed by atoms with Gasteiger partial charge in [0, 0.05) is 50.6 Å². The number of nitrogens with zero attached hydrogens (tertiary/aromatic N) is 2. The van der Waals surface area contributed by atoms with Gasteiger partial charge in [0.05, 0.1) is 0 Å². The van der Waals surface area contributed by atoms with Crippen molar-refractivity contribution in [1.82, 2.24) is 9.80 Å². The first-order chi connectivity index (χ1) is 9.63. The van der Waals surface area contributed by atoms with Crippen LogP contribution in [0.25, 0.3) is 0 Å². The average Bonchev–Trinajstić information content (AvgIpc) is 2.40. The largest absolute Gasteiger partial charge is 0.299 e. The zero-order chi connectivity index (χ0) is 14.1. The van der Waals surface area contributed by atoms with Crippen molar-refractivity contribution in [2.75, 3.05) is 26.2 Å². The Kier molecular flexibility index (Phi) is 3.90. The van der Waals surface area contributed by atoms with Gasteiger partial charge in [-0.3, -0.25) is 14.6 Å². The number of carbonyl (C=O) groups excluding carboxylic acids is 1. The van der Waals surface area contributed by atoms with Crippen molar-refractivity contribution in [2.45, 2.75) is 26.4 Å². The van der Waals surface area contributed by atoms with E-state index in [1.807, 2.05) is 0 Å².